The molecule has 0 saturated carbocycles. The molecular formula is C28H23N3O4. The molecule has 0 bridgehead atoms. The van der Waals surface area contributed by atoms with Gasteiger partial charge in [0.1, 0.15) is 17.1 Å². The zero-order valence-corrected chi connectivity index (χ0v) is 19.0. The number of fused-ring (bicyclic) bond motifs is 2. The predicted molar refractivity (Wildman–Crippen MR) is 136 cm³/mol. The number of benzene rings is 3. The van der Waals surface area contributed by atoms with Gasteiger partial charge in [-0.2, -0.15) is 0 Å². The number of hydrogen-bond acceptors (Lipinski definition) is 6. The lowest BCUT2D eigenvalue weighted by Crippen LogP contribution is -2.27. The van der Waals surface area contributed by atoms with Gasteiger partial charge in [0.25, 0.3) is 5.56 Å². The zero-order chi connectivity index (χ0) is 24.5. The number of nitrogens with zero attached hydrogens (tertiary/aromatic N) is 2. The smallest absolute Gasteiger partial charge is 0.265 e. The number of anilines is 1. The minimum atomic E-state index is -0.701. The fourth-order valence-corrected chi connectivity index (χ4v) is 4.54. The van der Waals surface area contributed by atoms with Crippen molar-refractivity contribution in [3.8, 4) is 11.5 Å². The molecular weight excluding hydrogens is 442 g/mol. The average molecular weight is 466 g/mol. The van der Waals surface area contributed by atoms with Crippen LogP contribution in [-0.2, 0) is 7.05 Å². The van der Waals surface area contributed by atoms with Gasteiger partial charge in [-0.15, -0.1) is 0 Å². The van der Waals surface area contributed by atoms with Gasteiger partial charge < -0.3 is 20.1 Å². The second-order valence-electron chi connectivity index (χ2n) is 8.39. The van der Waals surface area contributed by atoms with Crippen LogP contribution < -0.4 is 10.9 Å². The van der Waals surface area contributed by atoms with Crippen LogP contribution in [0.15, 0.2) is 90.0 Å². The Hall–Kier alpha value is -4.65. The first-order valence-corrected chi connectivity index (χ1v) is 11.2. The molecule has 7 heteroatoms. The van der Waals surface area contributed by atoms with E-state index in [2.05, 4.69) is 10.3 Å². The van der Waals surface area contributed by atoms with E-state index in [-0.39, 0.29) is 23.5 Å². The number of carbonyl (C=O) groups is 1. The highest BCUT2D eigenvalue weighted by molar-refractivity contribution is 6.04. The van der Waals surface area contributed by atoms with Crippen LogP contribution in [0, 0.1) is 0 Å². The summed E-state index contributed by atoms with van der Waals surface area (Å²) in [6.07, 6.45) is 3.07. The first-order valence-electron chi connectivity index (χ1n) is 11.2. The van der Waals surface area contributed by atoms with Crippen LogP contribution >= 0.6 is 0 Å². The maximum Gasteiger partial charge on any atom is 0.265 e. The molecule has 5 aromatic rings. The van der Waals surface area contributed by atoms with E-state index in [0.29, 0.717) is 22.2 Å². The molecule has 1 atom stereocenters. The van der Waals surface area contributed by atoms with Gasteiger partial charge in [0.15, 0.2) is 5.78 Å². The fourth-order valence-electron chi connectivity index (χ4n) is 4.54. The zero-order valence-electron chi connectivity index (χ0n) is 19.0. The number of rotatable bonds is 6. The van der Waals surface area contributed by atoms with Gasteiger partial charge in [0, 0.05) is 36.8 Å². The highest BCUT2D eigenvalue weighted by atomic mass is 16.3. The Morgan fingerprint density at radius 2 is 1.71 bits per heavy atom. The van der Waals surface area contributed by atoms with E-state index in [0.717, 1.165) is 10.8 Å². The van der Waals surface area contributed by atoms with Crippen LogP contribution in [0.2, 0.25) is 0 Å². The Morgan fingerprint density at radius 1 is 0.971 bits per heavy atom. The third kappa shape index (κ3) is 3.97. The van der Waals surface area contributed by atoms with Crippen LogP contribution in [0.3, 0.4) is 0 Å². The molecule has 5 rings (SSSR count). The quantitative estimate of drug-likeness (QED) is 0.307. The van der Waals surface area contributed by atoms with E-state index in [1.54, 1.807) is 61.9 Å². The standard InChI is InChI=1S/C28H23N3O4/c1-31-22-11-5-4-10-20(22)27(34)26(28(31)35)24(33)15-21(30-18-8-6-14-29-16-18)25-19-9-3-2-7-17(19)12-13-23(25)32/h2-14,16,21,30,32,34H,15H2,1H3/t21-/m0/s1. The lowest BCUT2D eigenvalue weighted by molar-refractivity contribution is 0.0972. The summed E-state index contributed by atoms with van der Waals surface area (Å²) in [5, 5.41) is 27.1. The highest BCUT2D eigenvalue weighted by Gasteiger charge is 2.27. The molecule has 3 N–H and O–H groups in total. The molecule has 0 saturated heterocycles. The summed E-state index contributed by atoms with van der Waals surface area (Å²) >= 11 is 0. The van der Waals surface area contributed by atoms with Gasteiger partial charge in [-0.05, 0) is 41.1 Å². The monoisotopic (exact) mass is 465 g/mol. The third-order valence-electron chi connectivity index (χ3n) is 6.24. The molecule has 0 aliphatic carbocycles. The molecule has 174 valence electrons. The molecule has 3 aromatic carbocycles. The highest BCUT2D eigenvalue weighted by Crippen LogP contribution is 2.37. The molecule has 0 spiro atoms. The molecule has 2 aromatic heterocycles. The van der Waals surface area contributed by atoms with Crippen LogP contribution in [0.25, 0.3) is 21.7 Å². The van der Waals surface area contributed by atoms with Crippen molar-refractivity contribution >= 4 is 33.1 Å². The van der Waals surface area contributed by atoms with Crippen LogP contribution in [0.4, 0.5) is 5.69 Å². The molecule has 0 unspecified atom stereocenters. The number of hydrogen-bond donors (Lipinski definition) is 3. The second-order valence-corrected chi connectivity index (χ2v) is 8.39. The Morgan fingerprint density at radius 3 is 2.49 bits per heavy atom. The summed E-state index contributed by atoms with van der Waals surface area (Å²) in [6.45, 7) is 0. The van der Waals surface area contributed by atoms with Crippen molar-refractivity contribution in [1.82, 2.24) is 9.55 Å². The van der Waals surface area contributed by atoms with Crippen molar-refractivity contribution < 1.29 is 15.0 Å². The minimum Gasteiger partial charge on any atom is -0.508 e. The molecule has 0 fully saturated rings. The third-order valence-corrected chi connectivity index (χ3v) is 6.24. The Bertz CT molecular complexity index is 1630. The van der Waals surface area contributed by atoms with Crippen molar-refractivity contribution in [2.24, 2.45) is 7.05 Å². The maximum atomic E-state index is 13.6. The predicted octanol–water partition coefficient (Wildman–Crippen LogP) is 4.92. The number of aromatic nitrogens is 2. The number of ketones is 1. The summed E-state index contributed by atoms with van der Waals surface area (Å²) in [4.78, 5) is 30.8. The van der Waals surface area contributed by atoms with E-state index in [4.69, 9.17) is 0 Å². The summed E-state index contributed by atoms with van der Waals surface area (Å²) in [6, 6.07) is 20.7. The summed E-state index contributed by atoms with van der Waals surface area (Å²) in [5.41, 5.74) is 0.853. The topological polar surface area (TPSA) is 104 Å². The number of Topliss-reactive ketones (excluding diaryl/α,β-unsaturated/α-hetero) is 1. The second kappa shape index (κ2) is 8.95. The first kappa shape index (κ1) is 22.2. The van der Waals surface area contributed by atoms with E-state index in [1.807, 2.05) is 30.3 Å². The molecule has 0 amide bonds. The average Bonchev–Trinajstić information content (AvgIpc) is 2.88. The lowest BCUT2D eigenvalue weighted by atomic mass is 9.92. The normalized spacial score (nSPS) is 12.0. The number of aromatic hydroxyl groups is 2. The molecule has 7 nitrogen and oxygen atoms in total. The van der Waals surface area contributed by atoms with Gasteiger partial charge in [-0.1, -0.05) is 42.5 Å². The van der Waals surface area contributed by atoms with E-state index >= 15 is 0 Å². The molecule has 2 heterocycles. The number of aryl methyl sites for hydroxylation is 1. The maximum absolute atomic E-state index is 13.6. The van der Waals surface area contributed by atoms with Gasteiger partial charge in [0.2, 0.25) is 0 Å². The minimum absolute atomic E-state index is 0.0218. The van der Waals surface area contributed by atoms with Crippen molar-refractivity contribution in [1.29, 1.82) is 0 Å². The lowest BCUT2D eigenvalue weighted by Gasteiger charge is -2.23. The number of phenols is 1. The van der Waals surface area contributed by atoms with Gasteiger partial charge >= 0.3 is 0 Å². The molecule has 0 aliphatic rings. The van der Waals surface area contributed by atoms with Crippen LogP contribution in [-0.4, -0.2) is 25.5 Å². The number of nitrogens with one attached hydrogen (secondary N) is 1. The van der Waals surface area contributed by atoms with Crippen molar-refractivity contribution in [3.63, 3.8) is 0 Å². The first-order chi connectivity index (χ1) is 17.0. The summed E-state index contributed by atoms with van der Waals surface area (Å²) in [7, 11) is 1.57. The molecule has 0 aliphatic heterocycles. The van der Waals surface area contributed by atoms with Gasteiger partial charge in [-0.25, -0.2) is 0 Å². The van der Waals surface area contributed by atoms with E-state index in [1.165, 1.54) is 4.57 Å². The van der Waals surface area contributed by atoms with Crippen molar-refractivity contribution in [3.05, 3.63) is 107 Å². The number of phenolic OH excluding ortho intramolecular Hbond substituents is 1. The number of pyridine rings is 2. The summed E-state index contributed by atoms with van der Waals surface area (Å²) < 4.78 is 1.36. The Kier molecular flexibility index (Phi) is 5.66. The number of carbonyl (C=O) groups excluding carboxylic acids is 1. The largest absolute Gasteiger partial charge is 0.508 e. The van der Waals surface area contributed by atoms with Gasteiger partial charge in [-0.3, -0.25) is 14.6 Å². The SMILES string of the molecule is Cn1c(=O)c(C(=O)C[C@H](Nc2cccnc2)c2c(O)ccc3ccccc23)c(O)c2ccccc21. The summed E-state index contributed by atoms with van der Waals surface area (Å²) in [5.74, 6) is -0.855. The fraction of sp³-hybridized carbons (Fsp3) is 0.107. The number of para-hydroxylation sites is 1. The van der Waals surface area contributed by atoms with E-state index in [9.17, 15) is 19.8 Å². The Labute approximate surface area is 200 Å². The van der Waals surface area contributed by atoms with Crippen LogP contribution in [0.5, 0.6) is 11.5 Å². The van der Waals surface area contributed by atoms with Crippen molar-refractivity contribution in [2.75, 3.05) is 5.32 Å². The van der Waals surface area contributed by atoms with Gasteiger partial charge in [0.05, 0.1) is 17.2 Å². The molecule has 0 radical (unpaired) electrons. The van der Waals surface area contributed by atoms with Crippen molar-refractivity contribution in [2.45, 2.75) is 12.5 Å². The molecule has 35 heavy (non-hydrogen) atoms. The van der Waals surface area contributed by atoms with Crippen LogP contribution in [0.1, 0.15) is 28.4 Å². The van der Waals surface area contributed by atoms with E-state index < -0.39 is 17.4 Å². The Balaban J connectivity index is 1.64.